The predicted octanol–water partition coefficient (Wildman–Crippen LogP) is 2.66. The highest BCUT2D eigenvalue weighted by atomic mass is 32.2. The fourth-order valence-corrected chi connectivity index (χ4v) is 2.35. The topological polar surface area (TPSA) is 87.7 Å². The van der Waals surface area contributed by atoms with Crippen molar-refractivity contribution in [3.8, 4) is 5.75 Å². The zero-order chi connectivity index (χ0) is 15.8. The van der Waals surface area contributed by atoms with Crippen molar-refractivity contribution in [3.05, 3.63) is 23.8 Å². The smallest absolute Gasteiger partial charge is 0.339 e. The van der Waals surface area contributed by atoms with Crippen molar-refractivity contribution in [3.63, 3.8) is 0 Å². The van der Waals surface area contributed by atoms with E-state index in [0.29, 0.717) is 5.69 Å². The molecule has 1 aromatic rings. The zero-order valence-corrected chi connectivity index (χ0v) is 13.1. The lowest BCUT2D eigenvalue weighted by molar-refractivity contribution is 0.0693. The Labute approximate surface area is 128 Å². The van der Waals surface area contributed by atoms with E-state index in [-0.39, 0.29) is 23.4 Å². The summed E-state index contributed by atoms with van der Waals surface area (Å²) in [7, 11) is 1.38. The van der Waals surface area contributed by atoms with Crippen LogP contribution in [0.3, 0.4) is 0 Å². The molecule has 0 aliphatic heterocycles. The minimum Gasteiger partial charge on any atom is -0.496 e. The van der Waals surface area contributed by atoms with Crippen molar-refractivity contribution in [1.29, 1.82) is 0 Å². The molecule has 3 N–H and O–H groups in total. The Kier molecular flexibility index (Phi) is 6.87. The van der Waals surface area contributed by atoms with E-state index in [1.54, 1.807) is 11.8 Å². The maximum Gasteiger partial charge on any atom is 0.339 e. The number of urea groups is 1. The minimum absolute atomic E-state index is 0.0511. The van der Waals surface area contributed by atoms with E-state index in [0.717, 1.165) is 11.5 Å². The maximum absolute atomic E-state index is 11.8. The number of methoxy groups -OCH3 is 1. The first-order valence-electron chi connectivity index (χ1n) is 6.54. The standard InChI is InChI=1S/C14H20N2O4S/c1-4-21-8-9(2)15-14(19)16-10-5-6-11(13(17)18)12(7-10)20-3/h5-7,9H,4,8H2,1-3H3,(H,17,18)(H2,15,16,19). The third-order valence-electron chi connectivity index (χ3n) is 2.64. The Morgan fingerprint density at radius 3 is 2.71 bits per heavy atom. The molecular formula is C14H20N2O4S. The second-order valence-electron chi connectivity index (χ2n) is 4.38. The molecule has 0 fully saturated rings. The van der Waals surface area contributed by atoms with E-state index in [1.807, 2.05) is 6.92 Å². The Balaban J connectivity index is 2.66. The second-order valence-corrected chi connectivity index (χ2v) is 5.70. The average Bonchev–Trinajstić information content (AvgIpc) is 2.44. The molecule has 116 valence electrons. The molecule has 0 spiro atoms. The number of carbonyl (C=O) groups excluding carboxylic acids is 1. The van der Waals surface area contributed by atoms with Crippen LogP contribution in [-0.2, 0) is 0 Å². The van der Waals surface area contributed by atoms with Crippen molar-refractivity contribution < 1.29 is 19.4 Å². The Morgan fingerprint density at radius 2 is 2.14 bits per heavy atom. The summed E-state index contributed by atoms with van der Waals surface area (Å²) in [5.74, 6) is 0.968. The van der Waals surface area contributed by atoms with E-state index in [1.165, 1.54) is 25.3 Å². The first kappa shape index (κ1) is 17.2. The van der Waals surface area contributed by atoms with Gasteiger partial charge < -0.3 is 20.5 Å². The highest BCUT2D eigenvalue weighted by molar-refractivity contribution is 7.99. The average molecular weight is 312 g/mol. The first-order chi connectivity index (χ1) is 9.97. The van der Waals surface area contributed by atoms with E-state index in [9.17, 15) is 9.59 Å². The van der Waals surface area contributed by atoms with E-state index in [2.05, 4.69) is 17.6 Å². The molecule has 0 aromatic heterocycles. The fourth-order valence-electron chi connectivity index (χ4n) is 1.67. The number of thioether (sulfide) groups is 1. The van der Waals surface area contributed by atoms with Gasteiger partial charge in [0.15, 0.2) is 0 Å². The number of aromatic carboxylic acids is 1. The van der Waals surface area contributed by atoms with Gasteiger partial charge in [-0.05, 0) is 24.8 Å². The number of carboxylic acid groups (broad SMARTS) is 1. The number of anilines is 1. The molecule has 6 nitrogen and oxygen atoms in total. The van der Waals surface area contributed by atoms with Gasteiger partial charge >= 0.3 is 12.0 Å². The van der Waals surface area contributed by atoms with Gasteiger partial charge in [0.2, 0.25) is 0 Å². The third kappa shape index (κ3) is 5.55. The molecule has 0 aliphatic carbocycles. The molecule has 0 saturated carbocycles. The van der Waals surface area contributed by atoms with Crippen molar-refractivity contribution in [2.45, 2.75) is 19.9 Å². The molecule has 0 heterocycles. The largest absolute Gasteiger partial charge is 0.496 e. The van der Waals surface area contributed by atoms with Crippen LogP contribution in [0, 0.1) is 0 Å². The van der Waals surface area contributed by atoms with Crippen molar-refractivity contribution in [2.75, 3.05) is 23.9 Å². The van der Waals surface area contributed by atoms with E-state index < -0.39 is 5.97 Å². The molecule has 1 atom stereocenters. The number of benzene rings is 1. The molecule has 1 rings (SSSR count). The summed E-state index contributed by atoms with van der Waals surface area (Å²) in [5.41, 5.74) is 0.529. The predicted molar refractivity (Wildman–Crippen MR) is 84.6 cm³/mol. The van der Waals surface area contributed by atoms with Gasteiger partial charge in [0.25, 0.3) is 0 Å². The molecular weight excluding hydrogens is 292 g/mol. The van der Waals surface area contributed by atoms with Crippen LogP contribution in [0.5, 0.6) is 5.75 Å². The number of ether oxygens (including phenoxy) is 1. The zero-order valence-electron chi connectivity index (χ0n) is 12.3. The molecule has 0 radical (unpaired) electrons. The minimum atomic E-state index is -1.08. The molecule has 21 heavy (non-hydrogen) atoms. The first-order valence-corrected chi connectivity index (χ1v) is 7.70. The Hall–Kier alpha value is -1.89. The number of nitrogens with one attached hydrogen (secondary N) is 2. The number of hydrogen-bond acceptors (Lipinski definition) is 4. The molecule has 1 aromatic carbocycles. The van der Waals surface area contributed by atoms with Crippen LogP contribution in [-0.4, -0.2) is 41.8 Å². The SMILES string of the molecule is CCSCC(C)NC(=O)Nc1ccc(C(=O)O)c(OC)c1. The molecule has 0 saturated heterocycles. The number of carboxylic acids is 1. The van der Waals surface area contributed by atoms with Gasteiger partial charge in [0.05, 0.1) is 7.11 Å². The van der Waals surface area contributed by atoms with E-state index >= 15 is 0 Å². The molecule has 2 amide bonds. The van der Waals surface area contributed by atoms with Gasteiger partial charge in [-0.3, -0.25) is 0 Å². The van der Waals surface area contributed by atoms with Crippen molar-refractivity contribution in [2.24, 2.45) is 0 Å². The Bertz CT molecular complexity index is 508. The molecule has 0 aliphatic rings. The number of amides is 2. The lowest BCUT2D eigenvalue weighted by Gasteiger charge is -2.14. The van der Waals surface area contributed by atoms with Crippen molar-refractivity contribution in [1.82, 2.24) is 5.32 Å². The molecule has 0 bridgehead atoms. The summed E-state index contributed by atoms with van der Waals surface area (Å²) in [6.07, 6.45) is 0. The van der Waals surface area contributed by atoms with Gasteiger partial charge in [-0.25, -0.2) is 9.59 Å². The van der Waals surface area contributed by atoms with Crippen LogP contribution in [0.4, 0.5) is 10.5 Å². The quantitative estimate of drug-likeness (QED) is 0.720. The van der Waals surface area contributed by atoms with Crippen LogP contribution in [0.25, 0.3) is 0 Å². The van der Waals surface area contributed by atoms with Gasteiger partial charge in [0, 0.05) is 23.5 Å². The number of rotatable bonds is 7. The highest BCUT2D eigenvalue weighted by Crippen LogP contribution is 2.23. The van der Waals surface area contributed by atoms with Crippen LogP contribution in [0.1, 0.15) is 24.2 Å². The maximum atomic E-state index is 11.8. The molecule has 7 heteroatoms. The fraction of sp³-hybridized carbons (Fsp3) is 0.429. The lowest BCUT2D eigenvalue weighted by Crippen LogP contribution is -2.37. The number of hydrogen-bond donors (Lipinski definition) is 3. The van der Waals surface area contributed by atoms with Crippen LogP contribution < -0.4 is 15.4 Å². The van der Waals surface area contributed by atoms with Crippen LogP contribution in [0.2, 0.25) is 0 Å². The van der Waals surface area contributed by atoms with Gasteiger partial charge in [-0.2, -0.15) is 11.8 Å². The summed E-state index contributed by atoms with van der Waals surface area (Å²) < 4.78 is 5.01. The summed E-state index contributed by atoms with van der Waals surface area (Å²) in [4.78, 5) is 22.8. The summed E-state index contributed by atoms with van der Waals surface area (Å²) in [6, 6.07) is 4.12. The third-order valence-corrected chi connectivity index (χ3v) is 3.78. The summed E-state index contributed by atoms with van der Waals surface area (Å²) in [6.45, 7) is 3.99. The van der Waals surface area contributed by atoms with Gasteiger partial charge in [-0.1, -0.05) is 6.92 Å². The summed E-state index contributed by atoms with van der Waals surface area (Å²) in [5, 5.41) is 14.5. The van der Waals surface area contributed by atoms with Crippen LogP contribution >= 0.6 is 11.8 Å². The monoisotopic (exact) mass is 312 g/mol. The highest BCUT2D eigenvalue weighted by Gasteiger charge is 2.13. The molecule has 1 unspecified atom stereocenters. The van der Waals surface area contributed by atoms with Crippen molar-refractivity contribution >= 4 is 29.4 Å². The van der Waals surface area contributed by atoms with Gasteiger partial charge in [0.1, 0.15) is 11.3 Å². The Morgan fingerprint density at radius 1 is 1.43 bits per heavy atom. The second kappa shape index (κ2) is 8.41. The van der Waals surface area contributed by atoms with Gasteiger partial charge in [-0.15, -0.1) is 0 Å². The number of carbonyl (C=O) groups is 2. The van der Waals surface area contributed by atoms with E-state index in [4.69, 9.17) is 9.84 Å². The summed E-state index contributed by atoms with van der Waals surface area (Å²) >= 11 is 1.75. The normalized spacial score (nSPS) is 11.6. The van der Waals surface area contributed by atoms with Crippen LogP contribution in [0.15, 0.2) is 18.2 Å². The lowest BCUT2D eigenvalue weighted by atomic mass is 10.2.